The second-order valence-electron chi connectivity index (χ2n) is 4.53. The normalized spacial score (nSPS) is 12.6. The van der Waals surface area contributed by atoms with Gasteiger partial charge in [0.2, 0.25) is 0 Å². The van der Waals surface area contributed by atoms with Crippen LogP contribution in [0.2, 0.25) is 0 Å². The lowest BCUT2D eigenvalue weighted by atomic mass is 10.0. The summed E-state index contributed by atoms with van der Waals surface area (Å²) < 4.78 is 31.8. The molecule has 1 aromatic rings. The van der Waals surface area contributed by atoms with Gasteiger partial charge >= 0.3 is 0 Å². The lowest BCUT2D eigenvalue weighted by Gasteiger charge is -2.18. The predicted molar refractivity (Wildman–Crippen MR) is 73.3 cm³/mol. The van der Waals surface area contributed by atoms with Gasteiger partial charge in [-0.05, 0) is 44.4 Å². The Morgan fingerprint density at radius 1 is 1.26 bits per heavy atom. The molecule has 0 heterocycles. The molecule has 0 radical (unpaired) electrons. The minimum Gasteiger partial charge on any atom is -0.382 e. The fourth-order valence-electron chi connectivity index (χ4n) is 2.09. The first-order chi connectivity index (χ1) is 9.17. The van der Waals surface area contributed by atoms with Gasteiger partial charge in [-0.2, -0.15) is 0 Å². The Kier molecular flexibility index (Phi) is 7.60. The van der Waals surface area contributed by atoms with Crippen molar-refractivity contribution >= 4 is 0 Å². The van der Waals surface area contributed by atoms with Crippen LogP contribution in [-0.2, 0) is 11.2 Å². The smallest absolute Gasteiger partial charge is 0.129 e. The Labute approximate surface area is 114 Å². The number of rotatable bonds is 9. The molecule has 0 saturated carbocycles. The molecule has 1 N–H and O–H groups in total. The summed E-state index contributed by atoms with van der Waals surface area (Å²) in [6.45, 7) is 6.27. The van der Waals surface area contributed by atoms with E-state index in [1.807, 2.05) is 13.8 Å². The number of ether oxygens (including phenoxy) is 1. The van der Waals surface area contributed by atoms with Crippen molar-refractivity contribution in [2.75, 3.05) is 19.8 Å². The van der Waals surface area contributed by atoms with Gasteiger partial charge in [0.15, 0.2) is 0 Å². The molecule has 4 heteroatoms. The standard InChI is InChI=1S/C15H23F2NO/c1-3-18-14(6-5-9-19-4-2)10-12-7-8-13(16)11-15(12)17/h7-8,11,14,18H,3-6,9-10H2,1-2H3. The van der Waals surface area contributed by atoms with Gasteiger partial charge in [-0.25, -0.2) is 8.78 Å². The van der Waals surface area contributed by atoms with Crippen molar-refractivity contribution in [3.8, 4) is 0 Å². The van der Waals surface area contributed by atoms with Crippen LogP contribution in [0.5, 0.6) is 0 Å². The molecule has 2 nitrogen and oxygen atoms in total. The third kappa shape index (κ3) is 6.12. The van der Waals surface area contributed by atoms with E-state index in [9.17, 15) is 8.78 Å². The summed E-state index contributed by atoms with van der Waals surface area (Å²) in [7, 11) is 0. The van der Waals surface area contributed by atoms with Gasteiger partial charge in [0.25, 0.3) is 0 Å². The SMILES string of the molecule is CCNC(CCCOCC)Cc1ccc(F)cc1F. The molecule has 19 heavy (non-hydrogen) atoms. The van der Waals surface area contributed by atoms with Gasteiger partial charge in [-0.1, -0.05) is 13.0 Å². The molecule has 0 spiro atoms. The van der Waals surface area contributed by atoms with Crippen LogP contribution in [0.4, 0.5) is 8.78 Å². The molecule has 0 fully saturated rings. The predicted octanol–water partition coefficient (Wildman–Crippen LogP) is 3.30. The number of nitrogens with one attached hydrogen (secondary N) is 1. The second kappa shape index (κ2) is 8.99. The zero-order valence-corrected chi connectivity index (χ0v) is 11.7. The van der Waals surface area contributed by atoms with Crippen LogP contribution in [0, 0.1) is 11.6 Å². The lowest BCUT2D eigenvalue weighted by molar-refractivity contribution is 0.140. The molecule has 108 valence electrons. The Balaban J connectivity index is 2.51. The van der Waals surface area contributed by atoms with Gasteiger partial charge in [0.05, 0.1) is 0 Å². The Hall–Kier alpha value is -1.00. The van der Waals surface area contributed by atoms with Crippen molar-refractivity contribution in [2.24, 2.45) is 0 Å². The van der Waals surface area contributed by atoms with Crippen molar-refractivity contribution in [1.29, 1.82) is 0 Å². The third-order valence-corrected chi connectivity index (χ3v) is 3.02. The van der Waals surface area contributed by atoms with Crippen LogP contribution in [0.3, 0.4) is 0 Å². The summed E-state index contributed by atoms with van der Waals surface area (Å²) in [6.07, 6.45) is 2.44. The number of likely N-dealkylation sites (N-methyl/N-ethyl adjacent to an activating group) is 1. The van der Waals surface area contributed by atoms with E-state index in [0.29, 0.717) is 12.0 Å². The molecule has 1 unspecified atom stereocenters. The molecule has 1 aromatic carbocycles. The maximum Gasteiger partial charge on any atom is 0.129 e. The van der Waals surface area contributed by atoms with Crippen molar-refractivity contribution < 1.29 is 13.5 Å². The number of hydrogen-bond acceptors (Lipinski definition) is 2. The van der Waals surface area contributed by atoms with Gasteiger partial charge in [-0.3, -0.25) is 0 Å². The number of hydrogen-bond donors (Lipinski definition) is 1. The van der Waals surface area contributed by atoms with E-state index in [0.717, 1.165) is 38.7 Å². The maximum atomic E-state index is 13.6. The van der Waals surface area contributed by atoms with Crippen LogP contribution < -0.4 is 5.32 Å². The van der Waals surface area contributed by atoms with Crippen LogP contribution in [0.1, 0.15) is 32.3 Å². The molecule has 0 bridgehead atoms. The third-order valence-electron chi connectivity index (χ3n) is 3.02. The van der Waals surface area contributed by atoms with Crippen LogP contribution in [-0.4, -0.2) is 25.8 Å². The van der Waals surface area contributed by atoms with E-state index in [2.05, 4.69) is 5.32 Å². The van der Waals surface area contributed by atoms with E-state index in [1.54, 1.807) is 0 Å². The summed E-state index contributed by atoms with van der Waals surface area (Å²) in [4.78, 5) is 0. The highest BCUT2D eigenvalue weighted by Crippen LogP contribution is 2.13. The maximum absolute atomic E-state index is 13.6. The molecule has 0 aliphatic carbocycles. The molecular weight excluding hydrogens is 248 g/mol. The zero-order valence-electron chi connectivity index (χ0n) is 11.7. The van der Waals surface area contributed by atoms with E-state index in [4.69, 9.17) is 4.74 Å². The summed E-state index contributed by atoms with van der Waals surface area (Å²) in [5.74, 6) is -0.995. The van der Waals surface area contributed by atoms with Crippen LogP contribution in [0.15, 0.2) is 18.2 Å². The second-order valence-corrected chi connectivity index (χ2v) is 4.53. The summed E-state index contributed by atoms with van der Waals surface area (Å²) in [6, 6.07) is 3.97. The monoisotopic (exact) mass is 271 g/mol. The van der Waals surface area contributed by atoms with E-state index >= 15 is 0 Å². The summed E-state index contributed by atoms with van der Waals surface area (Å²) >= 11 is 0. The molecule has 0 amide bonds. The molecule has 1 rings (SSSR count). The molecule has 0 aliphatic heterocycles. The van der Waals surface area contributed by atoms with Gasteiger partial charge < -0.3 is 10.1 Å². The van der Waals surface area contributed by atoms with E-state index in [1.165, 1.54) is 12.1 Å². The van der Waals surface area contributed by atoms with Gasteiger partial charge in [0.1, 0.15) is 11.6 Å². The van der Waals surface area contributed by atoms with Crippen molar-refractivity contribution in [3.63, 3.8) is 0 Å². The Morgan fingerprint density at radius 3 is 2.68 bits per heavy atom. The highest BCUT2D eigenvalue weighted by Gasteiger charge is 2.12. The molecule has 0 aromatic heterocycles. The fourth-order valence-corrected chi connectivity index (χ4v) is 2.09. The van der Waals surface area contributed by atoms with Gasteiger partial charge in [-0.15, -0.1) is 0 Å². The quantitative estimate of drug-likeness (QED) is 0.696. The van der Waals surface area contributed by atoms with Crippen LogP contribution >= 0.6 is 0 Å². The number of benzene rings is 1. The fraction of sp³-hybridized carbons (Fsp3) is 0.600. The van der Waals surface area contributed by atoms with E-state index < -0.39 is 11.6 Å². The first-order valence-electron chi connectivity index (χ1n) is 6.92. The molecule has 1 atom stereocenters. The van der Waals surface area contributed by atoms with Crippen molar-refractivity contribution in [2.45, 2.75) is 39.2 Å². The van der Waals surface area contributed by atoms with Crippen molar-refractivity contribution in [1.82, 2.24) is 5.32 Å². The van der Waals surface area contributed by atoms with E-state index in [-0.39, 0.29) is 6.04 Å². The minimum atomic E-state index is -0.530. The summed E-state index contributed by atoms with van der Waals surface area (Å²) in [5.41, 5.74) is 0.559. The van der Waals surface area contributed by atoms with Crippen molar-refractivity contribution in [3.05, 3.63) is 35.4 Å². The van der Waals surface area contributed by atoms with Gasteiger partial charge in [0, 0.05) is 25.3 Å². The highest BCUT2D eigenvalue weighted by atomic mass is 19.1. The summed E-state index contributed by atoms with van der Waals surface area (Å²) in [5, 5.41) is 3.33. The highest BCUT2D eigenvalue weighted by molar-refractivity contribution is 5.19. The molecular formula is C15H23F2NO. The Bertz CT molecular complexity index is 371. The minimum absolute atomic E-state index is 0.199. The topological polar surface area (TPSA) is 21.3 Å². The first kappa shape index (κ1) is 16.1. The molecule has 0 aliphatic rings. The number of halogens is 2. The largest absolute Gasteiger partial charge is 0.382 e. The average Bonchev–Trinajstić information content (AvgIpc) is 2.38. The first-order valence-corrected chi connectivity index (χ1v) is 6.92. The molecule has 0 saturated heterocycles. The van der Waals surface area contributed by atoms with Crippen LogP contribution in [0.25, 0.3) is 0 Å². The zero-order chi connectivity index (χ0) is 14.1. The Morgan fingerprint density at radius 2 is 2.05 bits per heavy atom. The lowest BCUT2D eigenvalue weighted by Crippen LogP contribution is -2.31. The average molecular weight is 271 g/mol.